The number of nitrogens with zero attached hydrogens (tertiary/aromatic N) is 2. The first kappa shape index (κ1) is 16.3. The lowest BCUT2D eigenvalue weighted by atomic mass is 10.1. The average Bonchev–Trinajstić information content (AvgIpc) is 2.91. The Hall–Kier alpha value is -2.58. The highest BCUT2D eigenvalue weighted by atomic mass is 79.9. The summed E-state index contributed by atoms with van der Waals surface area (Å²) in [6.45, 7) is -0.0848. The lowest BCUT2D eigenvalue weighted by molar-refractivity contribution is -0.127. The van der Waals surface area contributed by atoms with Crippen molar-refractivity contribution in [1.29, 1.82) is 0 Å². The maximum absolute atomic E-state index is 11.4. The Bertz CT molecular complexity index is 879. The van der Waals surface area contributed by atoms with E-state index < -0.39 is 5.91 Å². The van der Waals surface area contributed by atoms with Crippen LogP contribution in [0.25, 0.3) is 5.65 Å². The quantitative estimate of drug-likeness (QED) is 0.395. The number of carbonyl (C=O) groups is 1. The number of nitrogen functional groups attached to an aromatic ring is 1. The van der Waals surface area contributed by atoms with Gasteiger partial charge in [0.05, 0.1) is 17.9 Å². The van der Waals surface area contributed by atoms with E-state index in [0.717, 1.165) is 15.7 Å². The molecule has 0 aliphatic carbocycles. The molecule has 5 N–H and O–H groups in total. The van der Waals surface area contributed by atoms with E-state index >= 15 is 0 Å². The second-order valence-electron chi connectivity index (χ2n) is 5.27. The van der Waals surface area contributed by atoms with Crippen LogP contribution < -0.4 is 16.5 Å². The number of benzene rings is 1. The molecular formula is C16H16BrN5O2. The van der Waals surface area contributed by atoms with Gasteiger partial charge in [0.1, 0.15) is 5.82 Å². The van der Waals surface area contributed by atoms with Crippen molar-refractivity contribution in [3.05, 3.63) is 58.3 Å². The highest BCUT2D eigenvalue weighted by Crippen LogP contribution is 2.27. The highest BCUT2D eigenvalue weighted by Gasteiger charge is 2.16. The molecule has 0 atom stereocenters. The predicted molar refractivity (Wildman–Crippen MR) is 95.0 cm³/mol. The number of nitrogens with one attached hydrogen (secondary N) is 2. The van der Waals surface area contributed by atoms with Crippen LogP contribution in [-0.4, -0.2) is 27.0 Å². The van der Waals surface area contributed by atoms with E-state index in [1.165, 1.54) is 0 Å². The molecule has 1 aromatic carbocycles. The number of hydrogen-bond acceptors (Lipinski definition) is 5. The Morgan fingerprint density at radius 3 is 2.79 bits per heavy atom. The largest absolute Gasteiger partial charge is 0.396 e. The number of amides is 1. The van der Waals surface area contributed by atoms with Gasteiger partial charge in [-0.2, -0.15) is 0 Å². The van der Waals surface area contributed by atoms with Crippen molar-refractivity contribution >= 4 is 39.0 Å². The molecule has 24 heavy (non-hydrogen) atoms. The summed E-state index contributed by atoms with van der Waals surface area (Å²) in [5, 5.41) is 11.7. The first-order valence-corrected chi connectivity index (χ1v) is 8.04. The van der Waals surface area contributed by atoms with Gasteiger partial charge in [0.15, 0.2) is 5.65 Å². The van der Waals surface area contributed by atoms with Gasteiger partial charge in [-0.15, -0.1) is 0 Å². The van der Waals surface area contributed by atoms with Crippen LogP contribution in [-0.2, 0) is 11.2 Å². The predicted octanol–water partition coefficient (Wildman–Crippen LogP) is 2.19. The average molecular weight is 390 g/mol. The standard InChI is InChI=1S/C16H16BrN5O2/c17-11-7-12(18)15-20-13(6-10-4-2-1-3-5-10)16(22(15)9-11)19-8-14(23)21-24/h1-5,7,9,19,24H,6,8,18H2,(H,21,23). The summed E-state index contributed by atoms with van der Waals surface area (Å²) in [6.07, 6.45) is 2.41. The van der Waals surface area contributed by atoms with E-state index in [4.69, 9.17) is 10.9 Å². The van der Waals surface area contributed by atoms with Crippen molar-refractivity contribution in [1.82, 2.24) is 14.9 Å². The van der Waals surface area contributed by atoms with Crippen LogP contribution in [0.15, 0.2) is 47.1 Å². The van der Waals surface area contributed by atoms with Crippen molar-refractivity contribution in [2.75, 3.05) is 17.6 Å². The maximum Gasteiger partial charge on any atom is 0.262 e. The molecular weight excluding hydrogens is 374 g/mol. The van der Waals surface area contributed by atoms with Crippen molar-refractivity contribution in [3.8, 4) is 0 Å². The van der Waals surface area contributed by atoms with Crippen LogP contribution in [0.2, 0.25) is 0 Å². The number of nitrogens with two attached hydrogens (primary N) is 1. The molecule has 0 spiro atoms. The second kappa shape index (κ2) is 6.90. The topological polar surface area (TPSA) is 105 Å². The van der Waals surface area contributed by atoms with E-state index in [1.54, 1.807) is 15.9 Å². The summed E-state index contributed by atoms with van der Waals surface area (Å²) in [5.74, 6) is 0.115. The van der Waals surface area contributed by atoms with Gasteiger partial charge in [0.2, 0.25) is 0 Å². The van der Waals surface area contributed by atoms with Crippen LogP contribution in [0, 0.1) is 0 Å². The fraction of sp³-hybridized carbons (Fsp3) is 0.125. The fourth-order valence-electron chi connectivity index (χ4n) is 2.49. The van der Waals surface area contributed by atoms with Crippen LogP contribution in [0.4, 0.5) is 11.5 Å². The lowest BCUT2D eigenvalue weighted by Crippen LogP contribution is -2.27. The number of aromatic nitrogens is 2. The summed E-state index contributed by atoms with van der Waals surface area (Å²) in [5.41, 5.74) is 10.6. The molecule has 0 bridgehead atoms. The first-order chi connectivity index (χ1) is 11.6. The number of rotatable bonds is 5. The molecule has 3 aromatic rings. The van der Waals surface area contributed by atoms with Crippen molar-refractivity contribution in [2.45, 2.75) is 6.42 Å². The third-order valence-electron chi connectivity index (χ3n) is 3.54. The second-order valence-corrected chi connectivity index (χ2v) is 6.18. The zero-order valence-electron chi connectivity index (χ0n) is 12.7. The number of hydroxylamine groups is 1. The van der Waals surface area contributed by atoms with Gasteiger partial charge in [-0.1, -0.05) is 30.3 Å². The molecule has 2 aromatic heterocycles. The number of halogens is 1. The fourth-order valence-corrected chi connectivity index (χ4v) is 2.94. The molecule has 7 nitrogen and oxygen atoms in total. The van der Waals surface area contributed by atoms with Gasteiger partial charge >= 0.3 is 0 Å². The van der Waals surface area contributed by atoms with Gasteiger partial charge in [-0.05, 0) is 27.6 Å². The third-order valence-corrected chi connectivity index (χ3v) is 3.98. The SMILES string of the molecule is Nc1cc(Br)cn2c(NCC(=O)NO)c(Cc3ccccc3)nc12. The Morgan fingerprint density at radius 1 is 1.33 bits per heavy atom. The molecule has 124 valence electrons. The Balaban J connectivity index is 2.05. The number of anilines is 2. The normalized spacial score (nSPS) is 10.8. The van der Waals surface area contributed by atoms with Gasteiger partial charge in [0, 0.05) is 17.1 Å². The molecule has 8 heteroatoms. The molecule has 0 saturated carbocycles. The first-order valence-electron chi connectivity index (χ1n) is 7.25. The molecule has 0 saturated heterocycles. The number of imidazole rings is 1. The van der Waals surface area contributed by atoms with E-state index in [9.17, 15) is 4.79 Å². The zero-order valence-corrected chi connectivity index (χ0v) is 14.2. The van der Waals surface area contributed by atoms with Crippen molar-refractivity contribution in [3.63, 3.8) is 0 Å². The van der Waals surface area contributed by atoms with Gasteiger partial charge in [0.25, 0.3) is 5.91 Å². The summed E-state index contributed by atoms with van der Waals surface area (Å²) in [6, 6.07) is 11.7. The summed E-state index contributed by atoms with van der Waals surface area (Å²) in [7, 11) is 0. The molecule has 0 fully saturated rings. The minimum atomic E-state index is -0.543. The lowest BCUT2D eigenvalue weighted by Gasteiger charge is -2.08. The Morgan fingerprint density at radius 2 is 2.08 bits per heavy atom. The molecule has 0 unspecified atom stereocenters. The van der Waals surface area contributed by atoms with Crippen molar-refractivity contribution < 1.29 is 10.0 Å². The van der Waals surface area contributed by atoms with Crippen LogP contribution in [0.1, 0.15) is 11.3 Å². The van der Waals surface area contributed by atoms with Crippen LogP contribution in [0.5, 0.6) is 0 Å². The number of hydrogen-bond donors (Lipinski definition) is 4. The van der Waals surface area contributed by atoms with Crippen molar-refractivity contribution in [2.24, 2.45) is 0 Å². The minimum Gasteiger partial charge on any atom is -0.396 e. The molecule has 0 radical (unpaired) electrons. The van der Waals surface area contributed by atoms with E-state index in [-0.39, 0.29) is 6.54 Å². The molecule has 3 rings (SSSR count). The Kier molecular flexibility index (Phi) is 4.68. The molecule has 0 aliphatic rings. The summed E-state index contributed by atoms with van der Waals surface area (Å²) >= 11 is 3.41. The van der Waals surface area contributed by atoms with E-state index in [1.807, 2.05) is 36.5 Å². The molecule has 1 amide bonds. The van der Waals surface area contributed by atoms with E-state index in [0.29, 0.717) is 23.6 Å². The molecule has 2 heterocycles. The van der Waals surface area contributed by atoms with Crippen LogP contribution >= 0.6 is 15.9 Å². The van der Waals surface area contributed by atoms with E-state index in [2.05, 4.69) is 26.2 Å². The number of pyridine rings is 1. The monoisotopic (exact) mass is 389 g/mol. The summed E-state index contributed by atoms with van der Waals surface area (Å²) in [4.78, 5) is 16.0. The number of carbonyl (C=O) groups excluding carboxylic acids is 1. The third kappa shape index (κ3) is 3.34. The molecule has 0 aliphatic heterocycles. The smallest absolute Gasteiger partial charge is 0.262 e. The summed E-state index contributed by atoms with van der Waals surface area (Å²) < 4.78 is 2.59. The van der Waals surface area contributed by atoms with Gasteiger partial charge < -0.3 is 11.1 Å². The minimum absolute atomic E-state index is 0.0848. The maximum atomic E-state index is 11.4. The van der Waals surface area contributed by atoms with Crippen LogP contribution in [0.3, 0.4) is 0 Å². The number of fused-ring (bicyclic) bond motifs is 1. The highest BCUT2D eigenvalue weighted by molar-refractivity contribution is 9.10. The van der Waals surface area contributed by atoms with Gasteiger partial charge in [-0.25, -0.2) is 10.5 Å². The Labute approximate surface area is 146 Å². The van der Waals surface area contributed by atoms with Gasteiger partial charge in [-0.3, -0.25) is 14.4 Å². The zero-order chi connectivity index (χ0) is 17.1.